The van der Waals surface area contributed by atoms with E-state index in [2.05, 4.69) is 170 Å². The molecule has 0 saturated heterocycles. The summed E-state index contributed by atoms with van der Waals surface area (Å²) < 4.78 is 0. The van der Waals surface area contributed by atoms with Crippen LogP contribution in [-0.2, 0) is 0 Å². The van der Waals surface area contributed by atoms with Crippen LogP contribution in [-0.4, -0.2) is 29.9 Å². The third-order valence-electron chi connectivity index (χ3n) is 14.1. The zero-order valence-corrected chi connectivity index (χ0v) is 42.4. The first-order chi connectivity index (χ1) is 38.6. The van der Waals surface area contributed by atoms with E-state index in [-0.39, 0.29) is 0 Å². The minimum absolute atomic E-state index is 0.596. The van der Waals surface area contributed by atoms with Crippen LogP contribution in [0.5, 0.6) is 0 Å². The van der Waals surface area contributed by atoms with Crippen LogP contribution in [0.1, 0.15) is 0 Å². The largest absolute Gasteiger partial charge is 0.208 e. The lowest BCUT2D eigenvalue weighted by Crippen LogP contribution is -2.00. The van der Waals surface area contributed by atoms with E-state index in [1.807, 2.05) is 121 Å². The van der Waals surface area contributed by atoms with E-state index in [1.54, 1.807) is 0 Å². The summed E-state index contributed by atoms with van der Waals surface area (Å²) in [5.41, 5.74) is 18.8. The van der Waals surface area contributed by atoms with Crippen molar-refractivity contribution in [2.45, 2.75) is 0 Å². The first kappa shape index (κ1) is 47.2. The molecule has 0 spiro atoms. The van der Waals surface area contributed by atoms with Crippen molar-refractivity contribution in [1.29, 1.82) is 0 Å². The Balaban J connectivity index is 0.997. The number of rotatable bonds is 12. The third-order valence-corrected chi connectivity index (χ3v) is 14.1. The van der Waals surface area contributed by atoms with Crippen LogP contribution in [0.2, 0.25) is 0 Å². The molecule has 13 aromatic rings. The van der Waals surface area contributed by atoms with E-state index in [4.69, 9.17) is 29.9 Å². The minimum atomic E-state index is 0.596. The van der Waals surface area contributed by atoms with E-state index in [1.165, 1.54) is 11.1 Å². The van der Waals surface area contributed by atoms with Crippen molar-refractivity contribution >= 4 is 0 Å². The van der Waals surface area contributed by atoms with Gasteiger partial charge < -0.3 is 0 Å². The summed E-state index contributed by atoms with van der Waals surface area (Å²) in [5.74, 6) is 3.66. The second-order valence-corrected chi connectivity index (χ2v) is 19.0. The summed E-state index contributed by atoms with van der Waals surface area (Å²) in [6.07, 6.45) is 0. The number of hydrogen-bond acceptors (Lipinski definition) is 6. The Morgan fingerprint density at radius 1 is 0.128 bits per heavy atom. The smallest absolute Gasteiger partial charge is 0.164 e. The molecular weight excluding hydrogens is 949 g/mol. The molecule has 366 valence electrons. The Bertz CT molecular complexity index is 3770. The van der Waals surface area contributed by atoms with Crippen molar-refractivity contribution < 1.29 is 0 Å². The number of benzene rings is 11. The molecule has 2 heterocycles. The lowest BCUT2D eigenvalue weighted by Gasteiger charge is -2.21. The Kier molecular flexibility index (Phi) is 12.9. The topological polar surface area (TPSA) is 77.3 Å². The zero-order chi connectivity index (χ0) is 52.0. The molecule has 0 fully saturated rings. The predicted octanol–water partition coefficient (Wildman–Crippen LogP) is 18.1. The number of aromatic nitrogens is 6. The van der Waals surface area contributed by atoms with E-state index in [0.717, 1.165) is 89.0 Å². The first-order valence-corrected chi connectivity index (χ1v) is 26.1. The lowest BCUT2D eigenvalue weighted by molar-refractivity contribution is 1.07. The van der Waals surface area contributed by atoms with Crippen molar-refractivity contribution in [3.63, 3.8) is 0 Å². The lowest BCUT2D eigenvalue weighted by atomic mass is 9.82. The van der Waals surface area contributed by atoms with Gasteiger partial charge in [-0.2, -0.15) is 0 Å². The van der Waals surface area contributed by atoms with E-state index >= 15 is 0 Å². The summed E-state index contributed by atoms with van der Waals surface area (Å²) in [5, 5.41) is 0. The fourth-order valence-corrected chi connectivity index (χ4v) is 10.1. The van der Waals surface area contributed by atoms with Crippen molar-refractivity contribution in [1.82, 2.24) is 29.9 Å². The van der Waals surface area contributed by atoms with Gasteiger partial charge in [0.05, 0.1) is 0 Å². The molecule has 0 bridgehead atoms. The molecular formula is C72H48N6. The summed E-state index contributed by atoms with van der Waals surface area (Å²) >= 11 is 0. The highest BCUT2D eigenvalue weighted by Crippen LogP contribution is 2.47. The molecule has 0 N–H and O–H groups in total. The second-order valence-electron chi connectivity index (χ2n) is 19.0. The normalized spacial score (nSPS) is 11.1. The number of hydrogen-bond donors (Lipinski definition) is 0. The van der Waals surface area contributed by atoms with Crippen LogP contribution in [0.25, 0.3) is 135 Å². The van der Waals surface area contributed by atoms with Crippen molar-refractivity contribution in [2.75, 3.05) is 0 Å². The van der Waals surface area contributed by atoms with Crippen LogP contribution in [0, 0.1) is 0 Å². The van der Waals surface area contributed by atoms with Gasteiger partial charge in [0.15, 0.2) is 34.9 Å². The average Bonchev–Trinajstić information content (AvgIpc) is 3.57. The summed E-state index contributed by atoms with van der Waals surface area (Å²) in [4.78, 5) is 30.3. The molecule has 11 aromatic carbocycles. The van der Waals surface area contributed by atoms with Crippen LogP contribution < -0.4 is 0 Å². The predicted molar refractivity (Wildman–Crippen MR) is 318 cm³/mol. The summed E-state index contributed by atoms with van der Waals surface area (Å²) in [6, 6.07) is 101. The van der Waals surface area contributed by atoms with Crippen LogP contribution in [0.15, 0.2) is 291 Å². The van der Waals surface area contributed by atoms with Gasteiger partial charge in [-0.1, -0.05) is 291 Å². The van der Waals surface area contributed by atoms with Gasteiger partial charge in [0, 0.05) is 33.4 Å². The molecule has 6 nitrogen and oxygen atoms in total. The fourth-order valence-electron chi connectivity index (χ4n) is 10.1. The van der Waals surface area contributed by atoms with Crippen molar-refractivity contribution in [3.8, 4) is 135 Å². The van der Waals surface area contributed by atoms with Gasteiger partial charge in [0.25, 0.3) is 0 Å². The van der Waals surface area contributed by atoms with Crippen LogP contribution >= 0.6 is 0 Å². The average molecular weight is 997 g/mol. The maximum Gasteiger partial charge on any atom is 0.164 e. The first-order valence-electron chi connectivity index (χ1n) is 26.1. The van der Waals surface area contributed by atoms with Gasteiger partial charge in [0.2, 0.25) is 0 Å². The molecule has 0 amide bonds. The maximum atomic E-state index is 5.09. The quantitative estimate of drug-likeness (QED) is 0.121. The highest BCUT2D eigenvalue weighted by molar-refractivity contribution is 6.02. The maximum absolute atomic E-state index is 5.09. The number of nitrogens with zero attached hydrogens (tertiary/aromatic N) is 6. The molecule has 0 saturated carbocycles. The SMILES string of the molecule is c1ccc(-c2ccc(-c3ccc(-c4ccc(-c5ccccc5)cc4)c(-c4ccc(-c5nc(-c6ccccc6)nc(-c6ccccc6)n5)cc4)c3-c3ccc(-c4nc(-c5ccccc5)nc(-c5ccccc5)n4)cc3)cc2)cc1. The van der Waals surface area contributed by atoms with Gasteiger partial charge in [-0.05, 0) is 66.8 Å². The summed E-state index contributed by atoms with van der Waals surface area (Å²) in [7, 11) is 0. The molecule has 0 aliphatic rings. The molecule has 0 atom stereocenters. The molecule has 2 aromatic heterocycles. The van der Waals surface area contributed by atoms with E-state index in [0.29, 0.717) is 34.9 Å². The summed E-state index contributed by atoms with van der Waals surface area (Å²) in [6.45, 7) is 0. The molecule has 0 aliphatic heterocycles. The fraction of sp³-hybridized carbons (Fsp3) is 0. The Hall–Kier alpha value is -10.6. The monoisotopic (exact) mass is 996 g/mol. The van der Waals surface area contributed by atoms with Crippen LogP contribution in [0.3, 0.4) is 0 Å². The Morgan fingerprint density at radius 2 is 0.295 bits per heavy atom. The van der Waals surface area contributed by atoms with Gasteiger partial charge in [-0.3, -0.25) is 0 Å². The highest BCUT2D eigenvalue weighted by Gasteiger charge is 2.22. The Morgan fingerprint density at radius 3 is 0.538 bits per heavy atom. The molecule has 0 unspecified atom stereocenters. The van der Waals surface area contributed by atoms with E-state index in [9.17, 15) is 0 Å². The van der Waals surface area contributed by atoms with Crippen molar-refractivity contribution in [3.05, 3.63) is 291 Å². The molecule has 78 heavy (non-hydrogen) atoms. The van der Waals surface area contributed by atoms with Crippen LogP contribution in [0.4, 0.5) is 0 Å². The molecule has 6 heteroatoms. The van der Waals surface area contributed by atoms with Gasteiger partial charge in [-0.15, -0.1) is 0 Å². The van der Waals surface area contributed by atoms with Gasteiger partial charge in [0.1, 0.15) is 0 Å². The Labute approximate surface area is 453 Å². The minimum Gasteiger partial charge on any atom is -0.208 e. The van der Waals surface area contributed by atoms with Gasteiger partial charge in [-0.25, -0.2) is 29.9 Å². The zero-order valence-electron chi connectivity index (χ0n) is 42.4. The van der Waals surface area contributed by atoms with E-state index < -0.39 is 0 Å². The third kappa shape index (κ3) is 9.81. The molecule has 0 radical (unpaired) electrons. The standard InChI is InChI=1S/C72H48N6/c1-7-19-49(20-8-1)51-31-35-53(36-32-51)63-47-48-64(54-37-33-52(34-38-54)50-21-9-2-10-22-50)66(56-41-45-62(46-42-56)72-77-69(59-27-15-5-16-28-59)74-70(78-72)60-29-17-6-18-30-60)65(63)55-39-43-61(44-40-55)71-75-67(57-23-11-3-12-24-57)73-68(76-71)58-25-13-4-14-26-58/h1-48H. The molecule has 13 rings (SSSR count). The second kappa shape index (κ2) is 21.4. The van der Waals surface area contributed by atoms with Crippen molar-refractivity contribution in [2.24, 2.45) is 0 Å². The highest BCUT2D eigenvalue weighted by atomic mass is 15.0. The van der Waals surface area contributed by atoms with Gasteiger partial charge >= 0.3 is 0 Å². The molecule has 0 aliphatic carbocycles.